The molecule has 0 fully saturated rings. The van der Waals surface area contributed by atoms with Crippen molar-refractivity contribution in [2.45, 2.75) is 26.4 Å². The van der Waals surface area contributed by atoms with Crippen LogP contribution >= 0.6 is 0 Å². The van der Waals surface area contributed by atoms with E-state index in [1.165, 1.54) is 10.8 Å². The molecular weight excluding hydrogens is 476 g/mol. The second-order valence-electron chi connectivity index (χ2n) is 9.58. The van der Waals surface area contributed by atoms with E-state index in [1.54, 1.807) is 6.08 Å². The van der Waals surface area contributed by atoms with E-state index in [9.17, 15) is 0 Å². The standard InChI is InChI=1S/C32H32N2O4/c1-3-15-35-25-11-13-31-23(17-25)19-33(21-37-31)29-9-5-8-28-27(29)7-6-10-30(28)34-20-24-18-26(36-16-4-2)12-14-32(24)38-22-34/h3,5-14,17-18H,1,4,15-16,19-22H2,2H3. The van der Waals surface area contributed by atoms with Gasteiger partial charge in [0.2, 0.25) is 0 Å². The van der Waals surface area contributed by atoms with E-state index in [4.69, 9.17) is 18.9 Å². The molecule has 4 aromatic carbocycles. The summed E-state index contributed by atoms with van der Waals surface area (Å²) in [6.07, 6.45) is 2.73. The lowest BCUT2D eigenvalue weighted by atomic mass is 10.0. The van der Waals surface area contributed by atoms with Gasteiger partial charge in [0.25, 0.3) is 0 Å². The van der Waals surface area contributed by atoms with Crippen molar-refractivity contribution in [1.29, 1.82) is 0 Å². The highest BCUT2D eigenvalue weighted by atomic mass is 16.5. The van der Waals surface area contributed by atoms with Crippen LogP contribution in [0.5, 0.6) is 23.0 Å². The summed E-state index contributed by atoms with van der Waals surface area (Å²) in [4.78, 5) is 4.55. The van der Waals surface area contributed by atoms with E-state index in [1.807, 2.05) is 24.3 Å². The lowest BCUT2D eigenvalue weighted by Crippen LogP contribution is -2.33. The van der Waals surface area contributed by atoms with Gasteiger partial charge >= 0.3 is 0 Å². The predicted molar refractivity (Wildman–Crippen MR) is 152 cm³/mol. The number of rotatable bonds is 8. The maximum absolute atomic E-state index is 6.15. The molecule has 6 heteroatoms. The van der Waals surface area contributed by atoms with Gasteiger partial charge in [0.15, 0.2) is 13.5 Å². The molecule has 0 saturated carbocycles. The second kappa shape index (κ2) is 10.6. The summed E-state index contributed by atoms with van der Waals surface area (Å²) in [7, 11) is 0. The lowest BCUT2D eigenvalue weighted by Gasteiger charge is -2.34. The van der Waals surface area contributed by atoms with E-state index in [2.05, 4.69) is 71.8 Å². The number of benzene rings is 4. The summed E-state index contributed by atoms with van der Waals surface area (Å²) >= 11 is 0. The fourth-order valence-corrected chi connectivity index (χ4v) is 5.13. The molecule has 2 aliphatic heterocycles. The van der Waals surface area contributed by atoms with Crippen LogP contribution in [0.15, 0.2) is 85.5 Å². The average Bonchev–Trinajstić information content (AvgIpc) is 2.97. The van der Waals surface area contributed by atoms with Crippen LogP contribution in [-0.4, -0.2) is 26.7 Å². The van der Waals surface area contributed by atoms with Crippen LogP contribution in [0.1, 0.15) is 24.5 Å². The molecule has 0 atom stereocenters. The minimum atomic E-state index is 0.479. The first kappa shape index (κ1) is 24.0. The average molecular weight is 509 g/mol. The highest BCUT2D eigenvalue weighted by Crippen LogP contribution is 2.39. The Balaban J connectivity index is 1.28. The zero-order valence-electron chi connectivity index (χ0n) is 21.7. The van der Waals surface area contributed by atoms with Gasteiger partial charge in [-0.1, -0.05) is 43.8 Å². The fraction of sp³-hybridized carbons (Fsp3) is 0.250. The number of hydrogen-bond donors (Lipinski definition) is 0. The van der Waals surface area contributed by atoms with Crippen molar-refractivity contribution in [3.63, 3.8) is 0 Å². The first-order valence-electron chi connectivity index (χ1n) is 13.1. The lowest BCUT2D eigenvalue weighted by molar-refractivity contribution is 0.285. The Bertz CT molecular complexity index is 1470. The van der Waals surface area contributed by atoms with E-state index in [0.717, 1.165) is 65.0 Å². The van der Waals surface area contributed by atoms with Crippen LogP contribution in [0.2, 0.25) is 0 Å². The predicted octanol–water partition coefficient (Wildman–Crippen LogP) is 6.91. The largest absolute Gasteiger partial charge is 0.494 e. The Kier molecular flexibility index (Phi) is 6.69. The molecule has 0 amide bonds. The Hall–Kier alpha value is -4.32. The molecule has 194 valence electrons. The normalized spacial score (nSPS) is 14.2. The SMILES string of the molecule is C=CCOc1ccc2c(c1)CN(c1cccc3c(N4COc5ccc(OCCC)cc5C4)cccc13)CO2. The number of nitrogens with zero attached hydrogens (tertiary/aromatic N) is 2. The molecule has 0 bridgehead atoms. The van der Waals surface area contributed by atoms with Crippen LogP contribution in [0.25, 0.3) is 10.8 Å². The Labute approximate surface area is 223 Å². The van der Waals surface area contributed by atoms with Gasteiger partial charge in [0.1, 0.15) is 29.6 Å². The van der Waals surface area contributed by atoms with Gasteiger partial charge in [0.05, 0.1) is 19.7 Å². The minimum absolute atomic E-state index is 0.479. The summed E-state index contributed by atoms with van der Waals surface area (Å²) in [5.74, 6) is 3.54. The number of hydrogen-bond acceptors (Lipinski definition) is 6. The molecule has 0 radical (unpaired) electrons. The fourth-order valence-electron chi connectivity index (χ4n) is 5.13. The first-order valence-corrected chi connectivity index (χ1v) is 13.1. The van der Waals surface area contributed by atoms with Crippen molar-refractivity contribution < 1.29 is 18.9 Å². The highest BCUT2D eigenvalue weighted by Gasteiger charge is 2.23. The van der Waals surface area contributed by atoms with Gasteiger partial charge in [-0.15, -0.1) is 0 Å². The summed E-state index contributed by atoms with van der Waals surface area (Å²) in [5, 5.41) is 2.37. The topological polar surface area (TPSA) is 43.4 Å². The second-order valence-corrected chi connectivity index (χ2v) is 9.58. The van der Waals surface area contributed by atoms with Gasteiger partial charge in [-0.05, 0) is 55.0 Å². The van der Waals surface area contributed by atoms with Gasteiger partial charge in [-0.3, -0.25) is 0 Å². The molecule has 4 aromatic rings. The third kappa shape index (κ3) is 4.70. The van der Waals surface area contributed by atoms with E-state index in [0.29, 0.717) is 26.7 Å². The molecule has 0 N–H and O–H groups in total. The Morgan fingerprint density at radius 2 is 1.32 bits per heavy atom. The van der Waals surface area contributed by atoms with Crippen molar-refractivity contribution >= 4 is 22.1 Å². The maximum Gasteiger partial charge on any atom is 0.161 e. The van der Waals surface area contributed by atoms with Crippen LogP contribution in [0, 0.1) is 0 Å². The Morgan fingerprint density at radius 1 is 0.763 bits per heavy atom. The van der Waals surface area contributed by atoms with Crippen LogP contribution < -0.4 is 28.7 Å². The number of fused-ring (bicyclic) bond motifs is 3. The first-order chi connectivity index (χ1) is 18.7. The van der Waals surface area contributed by atoms with Crippen LogP contribution in [0.4, 0.5) is 11.4 Å². The van der Waals surface area contributed by atoms with Crippen molar-refractivity contribution in [1.82, 2.24) is 0 Å². The maximum atomic E-state index is 6.15. The molecule has 6 nitrogen and oxygen atoms in total. The van der Waals surface area contributed by atoms with Gasteiger partial charge in [0, 0.05) is 33.3 Å². The molecule has 2 aliphatic rings. The third-order valence-corrected chi connectivity index (χ3v) is 6.94. The molecule has 0 aliphatic carbocycles. The van der Waals surface area contributed by atoms with Crippen molar-refractivity contribution in [2.75, 3.05) is 36.5 Å². The smallest absolute Gasteiger partial charge is 0.161 e. The molecule has 0 unspecified atom stereocenters. The van der Waals surface area contributed by atoms with Crippen molar-refractivity contribution in [3.05, 3.63) is 96.6 Å². The summed E-state index contributed by atoms with van der Waals surface area (Å²) < 4.78 is 23.9. The quantitative estimate of drug-likeness (QED) is 0.241. The number of anilines is 2. The van der Waals surface area contributed by atoms with E-state index < -0.39 is 0 Å². The Morgan fingerprint density at radius 3 is 1.84 bits per heavy atom. The van der Waals surface area contributed by atoms with Crippen molar-refractivity contribution in [2.24, 2.45) is 0 Å². The van der Waals surface area contributed by atoms with E-state index in [-0.39, 0.29) is 0 Å². The zero-order chi connectivity index (χ0) is 25.9. The van der Waals surface area contributed by atoms with Crippen LogP contribution in [0.3, 0.4) is 0 Å². The van der Waals surface area contributed by atoms with Gasteiger partial charge in [-0.25, -0.2) is 0 Å². The molecule has 6 rings (SSSR count). The molecule has 2 heterocycles. The highest BCUT2D eigenvalue weighted by molar-refractivity contribution is 6.02. The molecule has 0 spiro atoms. The zero-order valence-corrected chi connectivity index (χ0v) is 21.7. The third-order valence-electron chi connectivity index (χ3n) is 6.94. The minimum Gasteiger partial charge on any atom is -0.494 e. The van der Waals surface area contributed by atoms with E-state index >= 15 is 0 Å². The molecule has 0 aromatic heterocycles. The molecule has 0 saturated heterocycles. The molecule has 38 heavy (non-hydrogen) atoms. The van der Waals surface area contributed by atoms with Crippen LogP contribution in [-0.2, 0) is 13.1 Å². The molecular formula is C32H32N2O4. The monoisotopic (exact) mass is 508 g/mol. The van der Waals surface area contributed by atoms with Gasteiger partial charge < -0.3 is 28.7 Å². The number of ether oxygens (including phenoxy) is 4. The van der Waals surface area contributed by atoms with Gasteiger partial charge in [-0.2, -0.15) is 0 Å². The summed E-state index contributed by atoms with van der Waals surface area (Å²) in [6.45, 7) is 9.53. The summed E-state index contributed by atoms with van der Waals surface area (Å²) in [5.41, 5.74) is 4.52. The summed E-state index contributed by atoms with van der Waals surface area (Å²) in [6, 6.07) is 25.0. The van der Waals surface area contributed by atoms with Crippen molar-refractivity contribution in [3.8, 4) is 23.0 Å².